The maximum absolute atomic E-state index is 13.2. The molecule has 0 aliphatic carbocycles. The van der Waals surface area contributed by atoms with Crippen LogP contribution in [0.1, 0.15) is 6.42 Å². The van der Waals surface area contributed by atoms with Crippen molar-refractivity contribution in [2.75, 3.05) is 7.11 Å². The van der Waals surface area contributed by atoms with Crippen molar-refractivity contribution in [1.82, 2.24) is 0 Å². The van der Waals surface area contributed by atoms with Crippen LogP contribution in [0.25, 0.3) is 0 Å². The van der Waals surface area contributed by atoms with Crippen LogP contribution in [-0.4, -0.2) is 47.8 Å². The maximum Gasteiger partial charge on any atom is 0.460 e. The molecule has 0 rings (SSSR count). The van der Waals surface area contributed by atoms with E-state index < -0.39 is 47.1 Å². The second-order valence-corrected chi connectivity index (χ2v) is 5.23. The van der Waals surface area contributed by atoms with E-state index in [1.807, 2.05) is 15.9 Å². The first-order chi connectivity index (χ1) is 9.87. The summed E-state index contributed by atoms with van der Waals surface area (Å²) in [5.41, 5.74) is 0. The molecule has 0 radical (unpaired) electrons. The van der Waals surface area contributed by atoms with E-state index in [9.17, 15) is 53.1 Å². The lowest BCUT2D eigenvalue weighted by molar-refractivity contribution is -0.422. The molecule has 1 atom stereocenters. The normalized spacial score (nSPS) is 16.2. The van der Waals surface area contributed by atoms with Gasteiger partial charge in [0.15, 0.2) is 0 Å². The number of carbonyl (C=O) groups is 1. The Balaban J connectivity index is 5.80. The molecule has 0 spiro atoms. The Hall–Kier alpha value is -0.820. The number of alkyl halides is 12. The minimum atomic E-state index is -7.48. The third-order valence-electron chi connectivity index (χ3n) is 2.50. The van der Waals surface area contributed by atoms with Gasteiger partial charge in [-0.1, -0.05) is 15.9 Å². The van der Waals surface area contributed by atoms with Crippen LogP contribution >= 0.6 is 15.9 Å². The third-order valence-corrected chi connectivity index (χ3v) is 3.19. The first-order valence-electron chi connectivity index (χ1n) is 5.16. The number of ether oxygens (including phenoxy) is 1. The Morgan fingerprint density at radius 3 is 1.57 bits per heavy atom. The lowest BCUT2D eigenvalue weighted by atomic mass is 9.95. The molecule has 23 heavy (non-hydrogen) atoms. The first-order valence-corrected chi connectivity index (χ1v) is 6.08. The van der Waals surface area contributed by atoms with Gasteiger partial charge in [-0.3, -0.25) is 4.79 Å². The summed E-state index contributed by atoms with van der Waals surface area (Å²) in [6, 6.07) is 0. The van der Waals surface area contributed by atoms with Crippen molar-refractivity contribution in [2.45, 2.75) is 41.1 Å². The Bertz CT molecular complexity index is 445. The van der Waals surface area contributed by atoms with Crippen LogP contribution in [0.3, 0.4) is 0 Å². The molecule has 138 valence electrons. The van der Waals surface area contributed by atoms with Crippen LogP contribution in [-0.2, 0) is 9.53 Å². The van der Waals surface area contributed by atoms with Gasteiger partial charge in [0.05, 0.1) is 7.11 Å². The molecular weight excluding hydrogens is 429 g/mol. The van der Waals surface area contributed by atoms with Crippen molar-refractivity contribution in [3.05, 3.63) is 0 Å². The molecule has 0 aromatic carbocycles. The summed E-state index contributed by atoms with van der Waals surface area (Å²) >= 11 is 2.05. The van der Waals surface area contributed by atoms with Crippen LogP contribution < -0.4 is 0 Å². The Labute approximate surface area is 129 Å². The van der Waals surface area contributed by atoms with Gasteiger partial charge in [-0.25, -0.2) is 0 Å². The lowest BCUT2D eigenvalue weighted by Crippen LogP contribution is -2.66. The van der Waals surface area contributed by atoms with Crippen LogP contribution in [0.5, 0.6) is 0 Å². The minimum Gasteiger partial charge on any atom is -0.468 e. The zero-order chi connectivity index (χ0) is 19.1. The van der Waals surface area contributed by atoms with Gasteiger partial charge in [0, 0.05) is 6.42 Å². The van der Waals surface area contributed by atoms with Gasteiger partial charge in [-0.2, -0.15) is 48.3 Å². The van der Waals surface area contributed by atoms with Crippen LogP contribution in [0.4, 0.5) is 48.3 Å². The molecule has 0 heterocycles. The summed E-state index contributed by atoms with van der Waals surface area (Å²) in [6.07, 6.45) is -9.73. The summed E-state index contributed by atoms with van der Waals surface area (Å²) in [7, 11) is 0.597. The maximum atomic E-state index is 13.2. The van der Waals surface area contributed by atoms with Gasteiger partial charge in [0.25, 0.3) is 0 Å². The Morgan fingerprint density at radius 2 is 1.26 bits per heavy atom. The molecule has 0 fully saturated rings. The molecule has 0 aliphatic rings. The summed E-state index contributed by atoms with van der Waals surface area (Å²) in [5, 5.41) is 0. The molecule has 0 aliphatic heterocycles. The topological polar surface area (TPSA) is 26.3 Å². The zero-order valence-corrected chi connectivity index (χ0v) is 12.2. The van der Waals surface area contributed by atoms with E-state index in [2.05, 4.69) is 4.74 Å². The lowest BCUT2D eigenvalue weighted by Gasteiger charge is -2.37. The summed E-state index contributed by atoms with van der Waals surface area (Å²) in [6.45, 7) is 0. The van der Waals surface area contributed by atoms with E-state index in [0.29, 0.717) is 7.11 Å². The van der Waals surface area contributed by atoms with E-state index in [1.54, 1.807) is 0 Å². The summed E-state index contributed by atoms with van der Waals surface area (Å²) < 4.78 is 143. The van der Waals surface area contributed by atoms with Crippen LogP contribution in [0.15, 0.2) is 0 Å². The van der Waals surface area contributed by atoms with Crippen molar-refractivity contribution in [1.29, 1.82) is 0 Å². The first kappa shape index (κ1) is 22.2. The number of halogens is 12. The summed E-state index contributed by atoms with van der Waals surface area (Å²) in [4.78, 5) is 8.40. The Morgan fingerprint density at radius 1 is 0.870 bits per heavy atom. The molecule has 0 saturated heterocycles. The molecule has 2 nitrogen and oxygen atoms in total. The van der Waals surface area contributed by atoms with Gasteiger partial charge in [0.2, 0.25) is 0 Å². The number of esters is 1. The predicted molar refractivity (Wildman–Crippen MR) is 55.2 cm³/mol. The highest BCUT2D eigenvalue weighted by atomic mass is 79.9. The van der Waals surface area contributed by atoms with Crippen molar-refractivity contribution in [3.63, 3.8) is 0 Å². The van der Waals surface area contributed by atoms with Crippen molar-refractivity contribution < 1.29 is 57.8 Å². The number of hydrogen-bond donors (Lipinski definition) is 0. The van der Waals surface area contributed by atoms with E-state index in [4.69, 9.17) is 0 Å². The van der Waals surface area contributed by atoms with Crippen molar-refractivity contribution >= 4 is 21.9 Å². The third kappa shape index (κ3) is 3.65. The molecule has 0 amide bonds. The molecule has 0 saturated carbocycles. The molecule has 0 N–H and O–H groups in total. The van der Waals surface area contributed by atoms with E-state index >= 15 is 0 Å². The smallest absolute Gasteiger partial charge is 0.460 e. The van der Waals surface area contributed by atoms with Crippen LogP contribution in [0, 0.1) is 0 Å². The fourth-order valence-corrected chi connectivity index (χ4v) is 1.76. The molecule has 14 heteroatoms. The molecular formula is C9H6BrF11O2. The van der Waals surface area contributed by atoms with Gasteiger partial charge in [0.1, 0.15) is 4.83 Å². The number of methoxy groups -OCH3 is 1. The van der Waals surface area contributed by atoms with Gasteiger partial charge in [-0.15, -0.1) is 0 Å². The van der Waals surface area contributed by atoms with Gasteiger partial charge in [-0.05, 0) is 0 Å². The fourth-order valence-electron chi connectivity index (χ4n) is 1.17. The fraction of sp³-hybridized carbons (Fsp3) is 0.889. The second kappa shape index (κ2) is 6.24. The quantitative estimate of drug-likeness (QED) is 0.351. The zero-order valence-electron chi connectivity index (χ0n) is 10.6. The number of carbonyl (C=O) groups excluding carboxylic acids is 1. The summed E-state index contributed by atoms with van der Waals surface area (Å²) in [5.74, 6) is -29.8. The largest absolute Gasteiger partial charge is 0.468 e. The highest BCUT2D eigenvalue weighted by Crippen LogP contribution is 2.58. The molecule has 0 aromatic heterocycles. The highest BCUT2D eigenvalue weighted by molar-refractivity contribution is 9.10. The van der Waals surface area contributed by atoms with Gasteiger partial charge < -0.3 is 4.74 Å². The van der Waals surface area contributed by atoms with Crippen LogP contribution in [0.2, 0.25) is 0 Å². The number of rotatable bonds is 6. The molecule has 0 aromatic rings. The predicted octanol–water partition coefficient (Wildman–Crippen LogP) is 4.42. The van der Waals surface area contributed by atoms with Crippen molar-refractivity contribution in [3.8, 4) is 0 Å². The average molecular weight is 435 g/mol. The monoisotopic (exact) mass is 434 g/mol. The van der Waals surface area contributed by atoms with E-state index in [-0.39, 0.29) is 0 Å². The number of hydrogen-bond acceptors (Lipinski definition) is 2. The Kier molecular flexibility index (Phi) is 6.02. The van der Waals surface area contributed by atoms with Crippen molar-refractivity contribution in [2.24, 2.45) is 0 Å². The molecule has 1 unspecified atom stereocenters. The van der Waals surface area contributed by atoms with Gasteiger partial charge >= 0.3 is 35.8 Å². The highest BCUT2D eigenvalue weighted by Gasteiger charge is 2.87. The second-order valence-electron chi connectivity index (χ2n) is 4.12. The average Bonchev–Trinajstić information content (AvgIpc) is 2.34. The van der Waals surface area contributed by atoms with E-state index in [0.717, 1.165) is 0 Å². The SMILES string of the molecule is COC(=O)C(Br)CC(F)(F)C(F)(F)C(F)(F)C(F)(F)C(F)(F)F. The standard InChI is InChI=1S/C9H6BrF11O2/c1-23-4(22)3(10)2-5(11,12)6(13,14)7(15,16)8(17,18)9(19,20)21/h3H,2H2,1H3. The minimum absolute atomic E-state index is 0.597. The molecule has 0 bridgehead atoms. The van der Waals surface area contributed by atoms with E-state index in [1.165, 1.54) is 0 Å².